The first kappa shape index (κ1) is 10.6. The Morgan fingerprint density at radius 1 is 1.47 bits per heavy atom. The van der Waals surface area contributed by atoms with Crippen LogP contribution in [-0.2, 0) is 6.42 Å². The van der Waals surface area contributed by atoms with E-state index in [2.05, 4.69) is 9.97 Å². The van der Waals surface area contributed by atoms with Crippen LogP contribution >= 0.6 is 23.8 Å². The van der Waals surface area contributed by atoms with Crippen LogP contribution < -0.4 is 0 Å². The first-order chi connectivity index (χ1) is 7.11. The number of halogens is 1. The summed E-state index contributed by atoms with van der Waals surface area (Å²) < 4.78 is 0.648. The second-order valence-electron chi connectivity index (χ2n) is 3.49. The largest absolute Gasteiger partial charge is 0.343 e. The van der Waals surface area contributed by atoms with E-state index in [1.54, 1.807) is 0 Å². The van der Waals surface area contributed by atoms with E-state index in [-0.39, 0.29) is 0 Å². The summed E-state index contributed by atoms with van der Waals surface area (Å²) in [4.78, 5) is 7.56. The molecule has 0 aliphatic rings. The molecule has 0 atom stereocenters. The third kappa shape index (κ3) is 1.90. The van der Waals surface area contributed by atoms with E-state index in [0.29, 0.717) is 4.64 Å². The molecule has 0 saturated carbocycles. The molecule has 1 N–H and O–H groups in total. The van der Waals surface area contributed by atoms with Crippen LogP contribution in [0.25, 0.3) is 10.9 Å². The maximum Gasteiger partial charge on any atom is 0.137 e. The summed E-state index contributed by atoms with van der Waals surface area (Å²) in [6.07, 6.45) is 0.838. The van der Waals surface area contributed by atoms with Gasteiger partial charge in [-0.15, -0.1) is 0 Å². The Morgan fingerprint density at radius 3 is 2.87 bits per heavy atom. The van der Waals surface area contributed by atoms with Crippen LogP contribution in [0.1, 0.15) is 18.3 Å². The molecule has 78 valence electrons. The molecule has 0 fully saturated rings. The van der Waals surface area contributed by atoms with Gasteiger partial charge in [-0.05, 0) is 24.6 Å². The first-order valence-corrected chi connectivity index (χ1v) is 5.59. The Balaban J connectivity index is 2.91. The minimum Gasteiger partial charge on any atom is -0.343 e. The fourth-order valence-electron chi connectivity index (χ4n) is 1.65. The molecule has 0 bridgehead atoms. The van der Waals surface area contributed by atoms with Crippen LogP contribution in [-0.4, -0.2) is 9.97 Å². The lowest BCUT2D eigenvalue weighted by atomic mass is 10.1. The number of hydrogen-bond donors (Lipinski definition) is 1. The minimum absolute atomic E-state index is 0.648. The molecule has 15 heavy (non-hydrogen) atoms. The van der Waals surface area contributed by atoms with Crippen molar-refractivity contribution in [3.05, 3.63) is 33.2 Å². The van der Waals surface area contributed by atoms with Crippen molar-refractivity contribution in [2.75, 3.05) is 0 Å². The normalized spacial score (nSPS) is 10.9. The van der Waals surface area contributed by atoms with Crippen molar-refractivity contribution in [2.24, 2.45) is 0 Å². The van der Waals surface area contributed by atoms with Crippen LogP contribution in [0.2, 0.25) is 5.02 Å². The fraction of sp³-hybridized carbons (Fsp3) is 0.273. The molecule has 2 nitrogen and oxygen atoms in total. The average molecular weight is 239 g/mol. The van der Waals surface area contributed by atoms with E-state index in [1.807, 2.05) is 26.0 Å². The van der Waals surface area contributed by atoms with Gasteiger partial charge in [-0.25, -0.2) is 4.98 Å². The SMILES string of the molecule is CCc1nc(=S)c2c(C)cc(Cl)cc2[nH]1. The Bertz CT molecular complexity index is 575. The summed E-state index contributed by atoms with van der Waals surface area (Å²) in [5, 5.41) is 1.71. The smallest absolute Gasteiger partial charge is 0.137 e. The van der Waals surface area contributed by atoms with Gasteiger partial charge in [-0.1, -0.05) is 30.7 Å². The van der Waals surface area contributed by atoms with Crippen LogP contribution in [0.3, 0.4) is 0 Å². The van der Waals surface area contributed by atoms with Crippen molar-refractivity contribution in [2.45, 2.75) is 20.3 Å². The third-order valence-electron chi connectivity index (χ3n) is 2.36. The molecule has 2 aromatic rings. The molecule has 2 rings (SSSR count). The summed E-state index contributed by atoms with van der Waals surface area (Å²) in [6.45, 7) is 4.03. The van der Waals surface area contributed by atoms with Gasteiger partial charge in [-0.3, -0.25) is 0 Å². The lowest BCUT2D eigenvalue weighted by Gasteiger charge is -2.05. The van der Waals surface area contributed by atoms with Crippen LogP contribution in [0.5, 0.6) is 0 Å². The van der Waals surface area contributed by atoms with E-state index >= 15 is 0 Å². The lowest BCUT2D eigenvalue weighted by Crippen LogP contribution is -1.95. The van der Waals surface area contributed by atoms with Gasteiger partial charge in [0.1, 0.15) is 10.5 Å². The van der Waals surface area contributed by atoms with Gasteiger partial charge >= 0.3 is 0 Å². The topological polar surface area (TPSA) is 28.7 Å². The Labute approximate surface area is 98.3 Å². The molecular formula is C11H11ClN2S. The van der Waals surface area contributed by atoms with Gasteiger partial charge in [0.25, 0.3) is 0 Å². The minimum atomic E-state index is 0.648. The monoisotopic (exact) mass is 238 g/mol. The quantitative estimate of drug-likeness (QED) is 0.766. The molecule has 4 heteroatoms. The Morgan fingerprint density at radius 2 is 2.20 bits per heavy atom. The van der Waals surface area contributed by atoms with Gasteiger partial charge in [0, 0.05) is 16.8 Å². The maximum atomic E-state index is 6.00. The average Bonchev–Trinajstić information content (AvgIpc) is 2.15. The molecule has 0 amide bonds. The number of rotatable bonds is 1. The third-order valence-corrected chi connectivity index (χ3v) is 2.88. The summed E-state index contributed by atoms with van der Waals surface area (Å²) in [5.41, 5.74) is 2.03. The van der Waals surface area contributed by atoms with E-state index in [9.17, 15) is 0 Å². The molecular weight excluding hydrogens is 228 g/mol. The van der Waals surface area contributed by atoms with Crippen LogP contribution in [0.4, 0.5) is 0 Å². The molecule has 0 spiro atoms. The summed E-state index contributed by atoms with van der Waals surface area (Å²) >= 11 is 11.3. The molecule has 0 saturated heterocycles. The number of aromatic nitrogens is 2. The second kappa shape index (κ2) is 3.91. The summed E-state index contributed by atoms with van der Waals surface area (Å²) in [7, 11) is 0. The number of aryl methyl sites for hydroxylation is 2. The van der Waals surface area contributed by atoms with Gasteiger partial charge in [0.05, 0.1) is 5.52 Å². The number of fused-ring (bicyclic) bond motifs is 1. The predicted molar refractivity (Wildman–Crippen MR) is 66.1 cm³/mol. The van der Waals surface area contributed by atoms with Crippen molar-refractivity contribution >= 4 is 34.7 Å². The molecule has 1 heterocycles. The Kier molecular flexibility index (Phi) is 2.76. The van der Waals surface area contributed by atoms with Crippen molar-refractivity contribution in [3.8, 4) is 0 Å². The number of H-pyrrole nitrogens is 1. The van der Waals surface area contributed by atoms with Crippen molar-refractivity contribution in [1.82, 2.24) is 9.97 Å². The fourth-order valence-corrected chi connectivity index (χ4v) is 2.31. The zero-order valence-electron chi connectivity index (χ0n) is 8.60. The highest BCUT2D eigenvalue weighted by atomic mass is 35.5. The zero-order valence-corrected chi connectivity index (χ0v) is 10.2. The van der Waals surface area contributed by atoms with Gasteiger partial charge in [0.2, 0.25) is 0 Å². The number of benzene rings is 1. The second-order valence-corrected chi connectivity index (χ2v) is 4.31. The number of aromatic amines is 1. The van der Waals surface area contributed by atoms with E-state index < -0.39 is 0 Å². The van der Waals surface area contributed by atoms with E-state index in [0.717, 1.165) is 33.7 Å². The van der Waals surface area contributed by atoms with E-state index in [1.165, 1.54) is 0 Å². The standard InChI is InChI=1S/C11H11ClN2S/c1-3-9-13-8-5-7(12)4-6(2)10(8)11(15)14-9/h4-5H,3H2,1-2H3,(H,13,14,15). The maximum absolute atomic E-state index is 6.00. The number of hydrogen-bond acceptors (Lipinski definition) is 2. The molecule has 0 radical (unpaired) electrons. The zero-order chi connectivity index (χ0) is 11.0. The van der Waals surface area contributed by atoms with Crippen LogP contribution in [0.15, 0.2) is 12.1 Å². The van der Waals surface area contributed by atoms with Gasteiger partial charge in [0.15, 0.2) is 0 Å². The summed E-state index contributed by atoms with van der Waals surface area (Å²) in [6, 6.07) is 3.79. The molecule has 0 aliphatic heterocycles. The highest BCUT2D eigenvalue weighted by Crippen LogP contribution is 2.22. The highest BCUT2D eigenvalue weighted by Gasteiger charge is 2.04. The van der Waals surface area contributed by atoms with Gasteiger partial charge in [-0.2, -0.15) is 0 Å². The van der Waals surface area contributed by atoms with E-state index in [4.69, 9.17) is 23.8 Å². The van der Waals surface area contributed by atoms with Crippen molar-refractivity contribution in [3.63, 3.8) is 0 Å². The molecule has 1 aromatic heterocycles. The molecule has 0 unspecified atom stereocenters. The van der Waals surface area contributed by atoms with Crippen molar-refractivity contribution in [1.29, 1.82) is 0 Å². The number of nitrogens with one attached hydrogen (secondary N) is 1. The number of nitrogens with zero attached hydrogens (tertiary/aromatic N) is 1. The first-order valence-electron chi connectivity index (χ1n) is 4.81. The Hall–Kier alpha value is -0.930. The summed E-state index contributed by atoms with van der Waals surface area (Å²) in [5.74, 6) is 0.897. The van der Waals surface area contributed by atoms with Crippen LogP contribution in [0, 0.1) is 11.6 Å². The lowest BCUT2D eigenvalue weighted by molar-refractivity contribution is 0.954. The molecule has 1 aromatic carbocycles. The highest BCUT2D eigenvalue weighted by molar-refractivity contribution is 7.71. The van der Waals surface area contributed by atoms with Crippen molar-refractivity contribution < 1.29 is 0 Å². The van der Waals surface area contributed by atoms with Gasteiger partial charge < -0.3 is 4.98 Å². The predicted octanol–water partition coefficient (Wildman–Crippen LogP) is 3.82. The molecule has 0 aliphatic carbocycles.